The van der Waals surface area contributed by atoms with Gasteiger partial charge >= 0.3 is 6.18 Å². The molecule has 0 bridgehead atoms. The molecule has 1 aliphatic rings. The maximum absolute atomic E-state index is 12.8. The van der Waals surface area contributed by atoms with E-state index >= 15 is 0 Å². The molecular formula is C15H16ClF3N3S+. The van der Waals surface area contributed by atoms with Crippen LogP contribution >= 0.6 is 22.9 Å². The van der Waals surface area contributed by atoms with Gasteiger partial charge in [0, 0.05) is 11.9 Å². The van der Waals surface area contributed by atoms with Crippen LogP contribution in [0.15, 0.2) is 30.5 Å². The van der Waals surface area contributed by atoms with Crippen molar-refractivity contribution in [3.05, 3.63) is 45.4 Å². The smallest absolute Gasteiger partial charge is 0.360 e. The molecule has 0 unspecified atom stereocenters. The van der Waals surface area contributed by atoms with Crippen molar-refractivity contribution in [3.63, 3.8) is 0 Å². The highest BCUT2D eigenvalue weighted by Gasteiger charge is 2.31. The molecule has 1 fully saturated rings. The molecular weight excluding hydrogens is 347 g/mol. The van der Waals surface area contributed by atoms with Gasteiger partial charge in [0.1, 0.15) is 6.54 Å². The number of hydrogen-bond acceptors (Lipinski definition) is 3. The number of aromatic nitrogens is 1. The van der Waals surface area contributed by atoms with Crippen molar-refractivity contribution >= 4 is 28.6 Å². The predicted molar refractivity (Wildman–Crippen MR) is 85.2 cm³/mol. The van der Waals surface area contributed by atoms with Gasteiger partial charge in [-0.1, -0.05) is 17.7 Å². The molecule has 1 saturated heterocycles. The SMILES string of the molecule is FC(F)(F)c1cccc(N2CC[NH+](Cc3cnc(Cl)s3)CC2)c1. The average molecular weight is 363 g/mol. The van der Waals surface area contributed by atoms with E-state index in [1.54, 1.807) is 12.3 Å². The topological polar surface area (TPSA) is 20.6 Å². The van der Waals surface area contributed by atoms with Gasteiger partial charge in [-0.25, -0.2) is 4.98 Å². The van der Waals surface area contributed by atoms with Crippen LogP contribution in [0, 0.1) is 0 Å². The molecule has 0 radical (unpaired) electrons. The summed E-state index contributed by atoms with van der Waals surface area (Å²) < 4.78 is 39.0. The maximum Gasteiger partial charge on any atom is 0.416 e. The Labute approximate surface area is 141 Å². The third-order valence-corrected chi connectivity index (χ3v) is 5.07. The van der Waals surface area contributed by atoms with Crippen molar-refractivity contribution in [1.82, 2.24) is 4.98 Å². The lowest BCUT2D eigenvalue weighted by Crippen LogP contribution is -3.13. The minimum atomic E-state index is -4.30. The van der Waals surface area contributed by atoms with Gasteiger partial charge in [-0.2, -0.15) is 13.2 Å². The Hall–Kier alpha value is -1.31. The summed E-state index contributed by atoms with van der Waals surface area (Å²) in [6, 6.07) is 5.55. The van der Waals surface area contributed by atoms with E-state index in [2.05, 4.69) is 4.98 Å². The highest BCUT2D eigenvalue weighted by atomic mass is 35.5. The molecule has 0 saturated carbocycles. The highest BCUT2D eigenvalue weighted by Crippen LogP contribution is 2.31. The number of rotatable bonds is 3. The molecule has 8 heteroatoms. The van der Waals surface area contributed by atoms with Crippen molar-refractivity contribution in [2.75, 3.05) is 31.1 Å². The van der Waals surface area contributed by atoms with Gasteiger partial charge in [-0.3, -0.25) is 0 Å². The van der Waals surface area contributed by atoms with Gasteiger partial charge in [0.15, 0.2) is 4.47 Å². The van der Waals surface area contributed by atoms with Gasteiger partial charge in [-0.05, 0) is 18.2 Å². The van der Waals surface area contributed by atoms with E-state index < -0.39 is 11.7 Å². The van der Waals surface area contributed by atoms with Crippen LogP contribution in [-0.2, 0) is 12.7 Å². The van der Waals surface area contributed by atoms with E-state index in [1.165, 1.54) is 28.4 Å². The average Bonchev–Trinajstić information content (AvgIpc) is 2.92. The first-order valence-electron chi connectivity index (χ1n) is 7.28. The van der Waals surface area contributed by atoms with E-state index in [4.69, 9.17) is 11.6 Å². The quantitative estimate of drug-likeness (QED) is 0.906. The van der Waals surface area contributed by atoms with E-state index in [9.17, 15) is 13.2 Å². The fourth-order valence-electron chi connectivity index (χ4n) is 2.75. The summed E-state index contributed by atoms with van der Waals surface area (Å²) in [7, 11) is 0. The number of anilines is 1. The minimum absolute atomic E-state index is 0.544. The van der Waals surface area contributed by atoms with Gasteiger partial charge in [-0.15, -0.1) is 11.3 Å². The number of quaternary nitrogens is 1. The van der Waals surface area contributed by atoms with E-state index in [1.807, 2.05) is 4.90 Å². The second kappa shape index (κ2) is 6.67. The van der Waals surface area contributed by atoms with Crippen molar-refractivity contribution in [1.29, 1.82) is 0 Å². The fraction of sp³-hybridized carbons (Fsp3) is 0.400. The Balaban J connectivity index is 1.60. The molecule has 0 spiro atoms. The predicted octanol–water partition coefficient (Wildman–Crippen LogP) is 2.72. The van der Waals surface area contributed by atoms with Crippen molar-refractivity contribution in [2.45, 2.75) is 12.7 Å². The highest BCUT2D eigenvalue weighted by molar-refractivity contribution is 7.15. The van der Waals surface area contributed by atoms with Crippen molar-refractivity contribution < 1.29 is 18.1 Å². The first-order chi connectivity index (χ1) is 10.9. The molecule has 1 aliphatic heterocycles. The van der Waals surface area contributed by atoms with Crippen LogP contribution in [0.1, 0.15) is 10.4 Å². The molecule has 1 aromatic heterocycles. The van der Waals surface area contributed by atoms with Gasteiger partial charge < -0.3 is 9.80 Å². The first kappa shape index (κ1) is 16.5. The Morgan fingerprint density at radius 2 is 2.00 bits per heavy atom. The monoisotopic (exact) mass is 362 g/mol. The second-order valence-electron chi connectivity index (χ2n) is 5.54. The standard InChI is InChI=1S/C15H15ClF3N3S/c16-14-20-9-13(23-14)10-21-4-6-22(7-5-21)12-3-1-2-11(8-12)15(17,18)19/h1-3,8-9H,4-7,10H2/p+1. The molecule has 1 aromatic carbocycles. The lowest BCUT2D eigenvalue weighted by Gasteiger charge is -2.33. The van der Waals surface area contributed by atoms with Crippen LogP contribution in [0.4, 0.5) is 18.9 Å². The lowest BCUT2D eigenvalue weighted by molar-refractivity contribution is -0.914. The summed E-state index contributed by atoms with van der Waals surface area (Å²) in [6.45, 7) is 4.10. The summed E-state index contributed by atoms with van der Waals surface area (Å²) in [5.41, 5.74) is 0.0452. The molecule has 0 atom stereocenters. The first-order valence-corrected chi connectivity index (χ1v) is 8.47. The molecule has 0 amide bonds. The minimum Gasteiger partial charge on any atom is -0.360 e. The number of alkyl halides is 3. The third-order valence-electron chi connectivity index (χ3n) is 3.96. The Morgan fingerprint density at radius 1 is 1.26 bits per heavy atom. The zero-order chi connectivity index (χ0) is 16.4. The zero-order valence-corrected chi connectivity index (χ0v) is 13.8. The molecule has 1 N–H and O–H groups in total. The van der Waals surface area contributed by atoms with Gasteiger partial charge in [0.05, 0.1) is 36.6 Å². The molecule has 3 rings (SSSR count). The Kier molecular flexibility index (Phi) is 4.79. The number of nitrogens with one attached hydrogen (secondary N) is 1. The van der Waals surface area contributed by atoms with Crippen molar-refractivity contribution in [2.24, 2.45) is 0 Å². The fourth-order valence-corrected chi connectivity index (χ4v) is 3.80. The summed E-state index contributed by atoms with van der Waals surface area (Å²) in [5.74, 6) is 0. The number of benzene rings is 1. The second-order valence-corrected chi connectivity index (χ2v) is 7.24. The molecule has 124 valence electrons. The van der Waals surface area contributed by atoms with Crippen LogP contribution in [0.25, 0.3) is 0 Å². The number of thiazole rings is 1. The molecule has 2 heterocycles. The molecule has 2 aromatic rings. The number of hydrogen-bond donors (Lipinski definition) is 1. The Morgan fingerprint density at radius 3 is 2.61 bits per heavy atom. The largest absolute Gasteiger partial charge is 0.416 e. The maximum atomic E-state index is 12.8. The third kappa shape index (κ3) is 4.16. The van der Waals surface area contributed by atoms with Crippen LogP contribution < -0.4 is 9.80 Å². The van der Waals surface area contributed by atoms with Crippen LogP contribution in [0.2, 0.25) is 4.47 Å². The van der Waals surface area contributed by atoms with Crippen LogP contribution in [0.5, 0.6) is 0 Å². The molecule has 23 heavy (non-hydrogen) atoms. The van der Waals surface area contributed by atoms with E-state index in [0.29, 0.717) is 10.2 Å². The lowest BCUT2D eigenvalue weighted by atomic mass is 10.1. The van der Waals surface area contributed by atoms with Crippen LogP contribution in [-0.4, -0.2) is 31.2 Å². The van der Waals surface area contributed by atoms with E-state index in [-0.39, 0.29) is 0 Å². The zero-order valence-electron chi connectivity index (χ0n) is 12.2. The van der Waals surface area contributed by atoms with Crippen molar-refractivity contribution in [3.8, 4) is 0 Å². The number of piperazine rings is 1. The summed E-state index contributed by atoms with van der Waals surface area (Å²) in [4.78, 5) is 8.58. The molecule has 3 nitrogen and oxygen atoms in total. The van der Waals surface area contributed by atoms with Crippen LogP contribution in [0.3, 0.4) is 0 Å². The number of nitrogens with zero attached hydrogens (tertiary/aromatic N) is 2. The summed E-state index contributed by atoms with van der Waals surface area (Å²) in [6.07, 6.45) is -2.51. The van der Waals surface area contributed by atoms with Gasteiger partial charge in [0.2, 0.25) is 0 Å². The summed E-state index contributed by atoms with van der Waals surface area (Å²) in [5, 5.41) is 0. The normalized spacial score (nSPS) is 16.8. The number of halogens is 4. The Bertz CT molecular complexity index is 666. The van der Waals surface area contributed by atoms with Gasteiger partial charge in [0.25, 0.3) is 0 Å². The summed E-state index contributed by atoms with van der Waals surface area (Å²) >= 11 is 7.31. The van der Waals surface area contributed by atoms with E-state index in [0.717, 1.165) is 43.7 Å². The molecule has 0 aliphatic carbocycles.